The summed E-state index contributed by atoms with van der Waals surface area (Å²) < 4.78 is 18.0. The van der Waals surface area contributed by atoms with Gasteiger partial charge < -0.3 is 9.84 Å². The number of aliphatic carboxylic acids is 1. The summed E-state index contributed by atoms with van der Waals surface area (Å²) in [5.41, 5.74) is 0.205. The van der Waals surface area contributed by atoms with Gasteiger partial charge >= 0.3 is 11.9 Å². The van der Waals surface area contributed by atoms with E-state index in [9.17, 15) is 14.0 Å². The van der Waals surface area contributed by atoms with Crippen molar-refractivity contribution in [3.63, 3.8) is 0 Å². The number of benzene rings is 1. The van der Waals surface area contributed by atoms with Gasteiger partial charge in [0.05, 0.1) is 12.2 Å². The summed E-state index contributed by atoms with van der Waals surface area (Å²) in [7, 11) is 0. The van der Waals surface area contributed by atoms with Crippen LogP contribution in [-0.4, -0.2) is 23.7 Å². The summed E-state index contributed by atoms with van der Waals surface area (Å²) in [5.74, 6) is -2.58. The van der Waals surface area contributed by atoms with Crippen molar-refractivity contribution < 1.29 is 23.8 Å². The second-order valence-electron chi connectivity index (χ2n) is 3.13. The second kappa shape index (κ2) is 5.79. The number of carboxylic acid groups (broad SMARTS) is 1. The average Bonchev–Trinajstić information content (AvgIpc) is 2.28. The van der Waals surface area contributed by atoms with Crippen molar-refractivity contribution >= 4 is 18.0 Å². The molecule has 0 unspecified atom stereocenters. The maximum Gasteiger partial charge on any atom is 0.341 e. The van der Waals surface area contributed by atoms with E-state index in [1.54, 1.807) is 6.92 Å². The molecule has 1 aromatic carbocycles. The van der Waals surface area contributed by atoms with Gasteiger partial charge in [0, 0.05) is 6.08 Å². The highest BCUT2D eigenvalue weighted by molar-refractivity contribution is 5.91. The number of carboxylic acids is 1. The van der Waals surface area contributed by atoms with Crippen LogP contribution in [0.15, 0.2) is 24.3 Å². The van der Waals surface area contributed by atoms with Gasteiger partial charge in [0.15, 0.2) is 0 Å². The number of carbonyl (C=O) groups is 2. The fourth-order valence-corrected chi connectivity index (χ4v) is 1.18. The van der Waals surface area contributed by atoms with Gasteiger partial charge in [0.1, 0.15) is 5.82 Å². The number of esters is 1. The maximum absolute atomic E-state index is 13.3. The second-order valence-corrected chi connectivity index (χ2v) is 3.13. The summed E-state index contributed by atoms with van der Waals surface area (Å²) in [5, 5.41) is 8.44. The van der Waals surface area contributed by atoms with Crippen LogP contribution >= 0.6 is 0 Å². The van der Waals surface area contributed by atoms with Crippen LogP contribution in [-0.2, 0) is 9.53 Å². The van der Waals surface area contributed by atoms with Gasteiger partial charge in [-0.2, -0.15) is 0 Å². The van der Waals surface area contributed by atoms with Gasteiger partial charge in [-0.25, -0.2) is 14.0 Å². The van der Waals surface area contributed by atoms with Crippen LogP contribution in [0.25, 0.3) is 6.08 Å². The van der Waals surface area contributed by atoms with E-state index in [0.717, 1.165) is 12.1 Å². The normalized spacial score (nSPS) is 10.5. The third kappa shape index (κ3) is 3.71. The first-order valence-electron chi connectivity index (χ1n) is 4.92. The molecule has 4 nitrogen and oxygen atoms in total. The van der Waals surface area contributed by atoms with E-state index in [2.05, 4.69) is 4.74 Å². The number of halogens is 1. The van der Waals surface area contributed by atoms with Crippen molar-refractivity contribution in [1.29, 1.82) is 0 Å². The molecule has 0 spiro atoms. The molecule has 5 heteroatoms. The zero-order chi connectivity index (χ0) is 12.8. The highest BCUT2D eigenvalue weighted by Gasteiger charge is 2.12. The summed E-state index contributed by atoms with van der Waals surface area (Å²) in [6.45, 7) is 1.76. The number of ether oxygens (including phenoxy) is 1. The lowest BCUT2D eigenvalue weighted by Crippen LogP contribution is -2.07. The number of hydrogen-bond acceptors (Lipinski definition) is 3. The first-order valence-corrected chi connectivity index (χ1v) is 4.92. The van der Waals surface area contributed by atoms with Gasteiger partial charge in [-0.1, -0.05) is 6.07 Å². The number of rotatable bonds is 4. The predicted octanol–water partition coefficient (Wildman–Crippen LogP) is 2.10. The quantitative estimate of drug-likeness (QED) is 0.644. The van der Waals surface area contributed by atoms with Gasteiger partial charge in [0.2, 0.25) is 0 Å². The van der Waals surface area contributed by atoms with E-state index >= 15 is 0 Å². The molecule has 0 atom stereocenters. The van der Waals surface area contributed by atoms with Crippen LogP contribution in [0.4, 0.5) is 4.39 Å². The minimum atomic E-state index is -1.12. The molecule has 1 rings (SSSR count). The highest BCUT2D eigenvalue weighted by Crippen LogP contribution is 2.13. The van der Waals surface area contributed by atoms with E-state index in [4.69, 9.17) is 5.11 Å². The van der Waals surface area contributed by atoms with Gasteiger partial charge in [-0.3, -0.25) is 0 Å². The fraction of sp³-hybridized carbons (Fsp3) is 0.167. The maximum atomic E-state index is 13.3. The first kappa shape index (κ1) is 12.9. The van der Waals surface area contributed by atoms with E-state index in [1.165, 1.54) is 18.2 Å². The largest absolute Gasteiger partial charge is 0.478 e. The molecule has 0 heterocycles. The van der Waals surface area contributed by atoms with Crippen molar-refractivity contribution in [2.45, 2.75) is 6.92 Å². The predicted molar refractivity (Wildman–Crippen MR) is 59.0 cm³/mol. The lowest BCUT2D eigenvalue weighted by atomic mass is 10.1. The molecule has 0 saturated heterocycles. The summed E-state index contributed by atoms with van der Waals surface area (Å²) >= 11 is 0. The van der Waals surface area contributed by atoms with E-state index in [0.29, 0.717) is 5.56 Å². The van der Waals surface area contributed by atoms with Crippen LogP contribution in [0.3, 0.4) is 0 Å². The molecule has 0 aliphatic carbocycles. The molecule has 1 N–H and O–H groups in total. The third-order valence-corrected chi connectivity index (χ3v) is 1.90. The van der Waals surface area contributed by atoms with Crippen molar-refractivity contribution in [3.05, 3.63) is 41.2 Å². The van der Waals surface area contributed by atoms with Gasteiger partial charge in [-0.15, -0.1) is 0 Å². The minimum Gasteiger partial charge on any atom is -0.478 e. The SMILES string of the molecule is CCOC(=O)c1cc(C=CC(=O)O)ccc1F. The minimum absolute atomic E-state index is 0.146. The van der Waals surface area contributed by atoms with Crippen molar-refractivity contribution in [3.8, 4) is 0 Å². The molecule has 90 valence electrons. The molecule has 17 heavy (non-hydrogen) atoms. The van der Waals surface area contributed by atoms with Crippen molar-refractivity contribution in [2.24, 2.45) is 0 Å². The topological polar surface area (TPSA) is 63.6 Å². The molecule has 0 amide bonds. The molecule has 0 saturated carbocycles. The fourth-order valence-electron chi connectivity index (χ4n) is 1.18. The summed E-state index contributed by atoms with van der Waals surface area (Å²) in [6.07, 6.45) is 2.17. The molecule has 1 aromatic rings. The highest BCUT2D eigenvalue weighted by atomic mass is 19.1. The molecule has 0 aromatic heterocycles. The Balaban J connectivity index is 3.02. The number of carbonyl (C=O) groups excluding carboxylic acids is 1. The lowest BCUT2D eigenvalue weighted by molar-refractivity contribution is -0.131. The average molecular weight is 238 g/mol. The third-order valence-electron chi connectivity index (χ3n) is 1.90. The van der Waals surface area contributed by atoms with Crippen LogP contribution in [0.5, 0.6) is 0 Å². The van der Waals surface area contributed by atoms with Crippen LogP contribution in [0.1, 0.15) is 22.8 Å². The first-order chi connectivity index (χ1) is 8.04. The molecule has 0 radical (unpaired) electrons. The zero-order valence-corrected chi connectivity index (χ0v) is 9.14. The zero-order valence-electron chi connectivity index (χ0n) is 9.14. The van der Waals surface area contributed by atoms with Crippen LogP contribution in [0, 0.1) is 5.82 Å². The van der Waals surface area contributed by atoms with E-state index in [1.807, 2.05) is 0 Å². The Labute approximate surface area is 97.3 Å². The lowest BCUT2D eigenvalue weighted by Gasteiger charge is -2.03. The molecule has 0 aliphatic rings. The van der Waals surface area contributed by atoms with E-state index < -0.39 is 17.8 Å². The van der Waals surface area contributed by atoms with Crippen LogP contribution < -0.4 is 0 Å². The Hall–Kier alpha value is -2.17. The van der Waals surface area contributed by atoms with Crippen LogP contribution in [0.2, 0.25) is 0 Å². The Bertz CT molecular complexity index is 466. The Morgan fingerprint density at radius 2 is 2.18 bits per heavy atom. The number of hydrogen-bond donors (Lipinski definition) is 1. The Kier molecular flexibility index (Phi) is 4.39. The molecular formula is C12H11FO4. The standard InChI is InChI=1S/C12H11FO4/c1-2-17-12(16)9-7-8(3-5-10(9)13)4-6-11(14)15/h3-7H,2H2,1H3,(H,14,15). The monoisotopic (exact) mass is 238 g/mol. The Morgan fingerprint density at radius 3 is 2.76 bits per heavy atom. The molecule has 0 bridgehead atoms. The van der Waals surface area contributed by atoms with Gasteiger partial charge in [0.25, 0.3) is 0 Å². The van der Waals surface area contributed by atoms with Crippen molar-refractivity contribution in [1.82, 2.24) is 0 Å². The summed E-state index contributed by atoms with van der Waals surface area (Å²) in [4.78, 5) is 21.7. The molecule has 0 fully saturated rings. The Morgan fingerprint density at radius 1 is 1.47 bits per heavy atom. The molecule has 0 aliphatic heterocycles. The van der Waals surface area contributed by atoms with E-state index in [-0.39, 0.29) is 12.2 Å². The summed E-state index contributed by atoms with van der Waals surface area (Å²) in [6, 6.07) is 3.71. The van der Waals surface area contributed by atoms with Crippen molar-refractivity contribution in [2.75, 3.05) is 6.61 Å². The molecular weight excluding hydrogens is 227 g/mol. The van der Waals surface area contributed by atoms with Gasteiger partial charge in [-0.05, 0) is 30.7 Å². The smallest absolute Gasteiger partial charge is 0.341 e.